The lowest BCUT2D eigenvalue weighted by Crippen LogP contribution is -2.38. The highest BCUT2D eigenvalue weighted by atomic mass is 16.3. The largest absolute Gasteiger partial charge is 0.510 e. The summed E-state index contributed by atoms with van der Waals surface area (Å²) >= 11 is 0. The third kappa shape index (κ3) is 5.85. The molecule has 0 saturated carbocycles. The molecule has 0 bridgehead atoms. The lowest BCUT2D eigenvalue weighted by Gasteiger charge is -2.24. The van der Waals surface area contributed by atoms with Crippen molar-refractivity contribution in [2.75, 3.05) is 19.8 Å². The first-order chi connectivity index (χ1) is 13.9. The number of aliphatic hydroxyl groups excluding tert-OH is 1. The average Bonchev–Trinajstić information content (AvgIpc) is 3.15. The van der Waals surface area contributed by atoms with Crippen LogP contribution in [0.2, 0.25) is 0 Å². The van der Waals surface area contributed by atoms with Crippen LogP contribution in [0.4, 0.5) is 5.69 Å². The number of anilines is 1. The number of aromatic nitrogens is 1. The summed E-state index contributed by atoms with van der Waals surface area (Å²) in [4.78, 5) is 18.3. The fourth-order valence-electron chi connectivity index (χ4n) is 3.27. The summed E-state index contributed by atoms with van der Waals surface area (Å²) in [6.45, 7) is 3.55. The summed E-state index contributed by atoms with van der Waals surface area (Å²) in [5.41, 5.74) is 10.1. The van der Waals surface area contributed by atoms with Gasteiger partial charge in [0.2, 0.25) is 0 Å². The Hall–Kier alpha value is -3.28. The molecule has 154 valence electrons. The Balaban J connectivity index is 0.000000284. The molecule has 29 heavy (non-hydrogen) atoms. The quantitative estimate of drug-likeness (QED) is 0.545. The van der Waals surface area contributed by atoms with Gasteiger partial charge in [0.05, 0.1) is 5.70 Å². The zero-order chi connectivity index (χ0) is 21.4. The number of carbonyl (C=O) groups excluding carboxylic acids is 1. The fraction of sp³-hybridized carbons (Fsp3) is 0.304. The lowest BCUT2D eigenvalue weighted by molar-refractivity contribution is 0.0732. The first-order valence-corrected chi connectivity index (χ1v) is 9.63. The molecule has 0 radical (unpaired) electrons. The predicted octanol–water partition coefficient (Wildman–Crippen LogP) is 3.47. The van der Waals surface area contributed by atoms with Crippen LogP contribution in [-0.2, 0) is 12.8 Å². The average molecular weight is 395 g/mol. The van der Waals surface area contributed by atoms with E-state index < -0.39 is 0 Å². The number of aliphatic hydroxyl groups is 1. The molecular weight excluding hydrogens is 364 g/mol. The number of amides is 1. The van der Waals surface area contributed by atoms with Crippen molar-refractivity contribution >= 4 is 11.6 Å². The summed E-state index contributed by atoms with van der Waals surface area (Å²) in [5.74, 6) is 0.241. The van der Waals surface area contributed by atoms with E-state index in [4.69, 9.17) is 10.8 Å². The van der Waals surface area contributed by atoms with Gasteiger partial charge in [-0.25, -0.2) is 0 Å². The SMILES string of the molecule is C/C=C\C(NC)=C(/C)O.CN(C(=O)c1cc(N)ccn1)C1Cc2ccccc2C1. The number of benzene rings is 1. The van der Waals surface area contributed by atoms with E-state index in [2.05, 4.69) is 22.4 Å². The molecule has 1 aliphatic carbocycles. The first-order valence-electron chi connectivity index (χ1n) is 9.63. The molecule has 0 unspecified atom stereocenters. The normalized spacial score (nSPS) is 13.9. The van der Waals surface area contributed by atoms with E-state index in [1.54, 1.807) is 37.2 Å². The Morgan fingerprint density at radius 2 is 1.90 bits per heavy atom. The minimum atomic E-state index is -0.0740. The zero-order valence-corrected chi connectivity index (χ0v) is 17.5. The topological polar surface area (TPSA) is 91.5 Å². The van der Waals surface area contributed by atoms with E-state index in [1.165, 1.54) is 11.1 Å². The van der Waals surface area contributed by atoms with Crippen molar-refractivity contribution in [2.24, 2.45) is 0 Å². The van der Waals surface area contributed by atoms with Gasteiger partial charge >= 0.3 is 0 Å². The van der Waals surface area contributed by atoms with E-state index in [0.29, 0.717) is 17.1 Å². The standard InChI is InChI=1S/C16H17N3O.C7H13NO/c1-19(16(20)15-10-13(17)6-7-18-15)14-8-11-4-2-3-5-12(11)9-14;1-4-5-7(8-3)6(2)9/h2-7,10,14H,8-9H2,1H3,(H2,17,18);4-5,8-9H,1-3H3/b;5-4-,7-6-. The summed E-state index contributed by atoms with van der Waals surface area (Å²) in [7, 11) is 3.61. The van der Waals surface area contributed by atoms with Crippen LogP contribution in [0.3, 0.4) is 0 Å². The van der Waals surface area contributed by atoms with Gasteiger partial charge in [-0.2, -0.15) is 0 Å². The van der Waals surface area contributed by atoms with Crippen molar-refractivity contribution in [1.29, 1.82) is 0 Å². The third-order valence-electron chi connectivity index (χ3n) is 4.89. The molecule has 3 rings (SSSR count). The molecule has 0 aliphatic heterocycles. The van der Waals surface area contributed by atoms with Crippen LogP contribution in [-0.4, -0.2) is 41.0 Å². The number of hydrogen-bond acceptors (Lipinski definition) is 5. The number of fused-ring (bicyclic) bond motifs is 1. The highest BCUT2D eigenvalue weighted by molar-refractivity contribution is 5.93. The number of nitrogens with two attached hydrogens (primary N) is 1. The molecule has 0 atom stereocenters. The van der Waals surface area contributed by atoms with Gasteiger partial charge in [-0.1, -0.05) is 30.3 Å². The number of nitrogen functional groups attached to an aromatic ring is 1. The highest BCUT2D eigenvalue weighted by Gasteiger charge is 2.28. The van der Waals surface area contributed by atoms with Crippen molar-refractivity contribution < 1.29 is 9.90 Å². The summed E-state index contributed by atoms with van der Waals surface area (Å²) in [6, 6.07) is 11.9. The number of nitrogens with zero attached hydrogens (tertiary/aromatic N) is 2. The molecule has 1 amide bonds. The number of hydrogen-bond donors (Lipinski definition) is 3. The Morgan fingerprint density at radius 1 is 1.28 bits per heavy atom. The molecule has 6 heteroatoms. The number of allylic oxidation sites excluding steroid dienone is 3. The lowest BCUT2D eigenvalue weighted by atomic mass is 10.1. The predicted molar refractivity (Wildman–Crippen MR) is 118 cm³/mol. The van der Waals surface area contributed by atoms with Gasteiger partial charge in [0, 0.05) is 32.0 Å². The van der Waals surface area contributed by atoms with Gasteiger partial charge in [-0.05, 0) is 56.0 Å². The summed E-state index contributed by atoms with van der Waals surface area (Å²) in [6.07, 6.45) is 7.06. The minimum Gasteiger partial charge on any atom is -0.510 e. The summed E-state index contributed by atoms with van der Waals surface area (Å²) in [5, 5.41) is 11.8. The van der Waals surface area contributed by atoms with Crippen molar-refractivity contribution in [1.82, 2.24) is 15.2 Å². The van der Waals surface area contributed by atoms with Gasteiger partial charge in [-0.15, -0.1) is 0 Å². The highest BCUT2D eigenvalue weighted by Crippen LogP contribution is 2.25. The maximum absolute atomic E-state index is 12.4. The van der Waals surface area contributed by atoms with Crippen molar-refractivity contribution in [3.8, 4) is 0 Å². The van der Waals surface area contributed by atoms with Crippen LogP contribution in [0.1, 0.15) is 35.5 Å². The molecule has 6 nitrogen and oxygen atoms in total. The number of likely N-dealkylation sites (N-methyl/N-ethyl adjacent to an activating group) is 2. The molecule has 2 aromatic rings. The van der Waals surface area contributed by atoms with Gasteiger partial charge in [0.1, 0.15) is 11.5 Å². The van der Waals surface area contributed by atoms with Gasteiger partial charge in [-0.3, -0.25) is 9.78 Å². The number of rotatable bonds is 4. The number of nitrogens with one attached hydrogen (secondary N) is 1. The first kappa shape index (κ1) is 22.0. The van der Waals surface area contributed by atoms with Crippen molar-refractivity contribution in [2.45, 2.75) is 32.7 Å². The van der Waals surface area contributed by atoms with E-state index in [1.807, 2.05) is 38.3 Å². The van der Waals surface area contributed by atoms with E-state index in [-0.39, 0.29) is 11.9 Å². The van der Waals surface area contributed by atoms with Crippen LogP contribution in [0.5, 0.6) is 0 Å². The van der Waals surface area contributed by atoms with Crippen LogP contribution in [0.25, 0.3) is 0 Å². The molecule has 0 saturated heterocycles. The van der Waals surface area contributed by atoms with Crippen molar-refractivity contribution in [3.05, 3.63) is 83.0 Å². The smallest absolute Gasteiger partial charge is 0.272 e. The molecule has 1 aromatic heterocycles. The molecule has 0 fully saturated rings. The Morgan fingerprint density at radius 3 is 2.34 bits per heavy atom. The van der Waals surface area contributed by atoms with Gasteiger partial charge in [0.25, 0.3) is 5.91 Å². The third-order valence-corrected chi connectivity index (χ3v) is 4.89. The number of pyridine rings is 1. The second-order valence-electron chi connectivity index (χ2n) is 6.97. The molecule has 1 aromatic carbocycles. The zero-order valence-electron chi connectivity index (χ0n) is 17.5. The fourth-order valence-corrected chi connectivity index (χ4v) is 3.27. The van der Waals surface area contributed by atoms with Crippen LogP contribution < -0.4 is 11.1 Å². The van der Waals surface area contributed by atoms with E-state index in [9.17, 15) is 4.79 Å². The van der Waals surface area contributed by atoms with Crippen LogP contribution >= 0.6 is 0 Å². The molecule has 1 heterocycles. The van der Waals surface area contributed by atoms with E-state index >= 15 is 0 Å². The summed E-state index contributed by atoms with van der Waals surface area (Å²) < 4.78 is 0. The number of carbonyl (C=O) groups is 1. The van der Waals surface area contributed by atoms with E-state index in [0.717, 1.165) is 18.5 Å². The van der Waals surface area contributed by atoms with Gasteiger partial charge in [0.15, 0.2) is 0 Å². The Bertz CT molecular complexity index is 876. The monoisotopic (exact) mass is 394 g/mol. The Kier molecular flexibility index (Phi) is 7.83. The molecule has 0 spiro atoms. The maximum Gasteiger partial charge on any atom is 0.272 e. The second kappa shape index (κ2) is 10.3. The van der Waals surface area contributed by atoms with Crippen LogP contribution in [0.15, 0.2) is 66.2 Å². The minimum absolute atomic E-state index is 0.0740. The maximum atomic E-state index is 12.4. The molecular formula is C23H30N4O2. The Labute approximate surface area is 172 Å². The van der Waals surface area contributed by atoms with Crippen LogP contribution in [0, 0.1) is 0 Å². The van der Waals surface area contributed by atoms with Gasteiger partial charge < -0.3 is 21.1 Å². The molecule has 4 N–H and O–H groups in total. The van der Waals surface area contributed by atoms with Crippen molar-refractivity contribution in [3.63, 3.8) is 0 Å². The molecule has 1 aliphatic rings. The second-order valence-corrected chi connectivity index (χ2v) is 6.97.